The molecule has 0 aromatic heterocycles. The minimum atomic E-state index is -0.299. The summed E-state index contributed by atoms with van der Waals surface area (Å²) < 4.78 is 10.7. The summed E-state index contributed by atoms with van der Waals surface area (Å²) in [6.07, 6.45) is 1.71. The van der Waals surface area contributed by atoms with Crippen LogP contribution in [0.5, 0.6) is 11.5 Å². The fourth-order valence-electron chi connectivity index (χ4n) is 3.86. The SMILES string of the molecule is COc1cccc(C(=O)Nc2ccc(OC(=O)N3CCN4CCC3CC4)cc2)c1.Cl. The van der Waals surface area contributed by atoms with Crippen LogP contribution in [-0.2, 0) is 0 Å². The van der Waals surface area contributed by atoms with Crippen LogP contribution in [0.15, 0.2) is 48.5 Å². The highest BCUT2D eigenvalue weighted by Gasteiger charge is 2.32. The first-order valence-electron chi connectivity index (χ1n) is 9.88. The van der Waals surface area contributed by atoms with Gasteiger partial charge in [-0.1, -0.05) is 6.07 Å². The lowest BCUT2D eigenvalue weighted by molar-refractivity contribution is 0.102. The fourth-order valence-corrected chi connectivity index (χ4v) is 3.86. The Morgan fingerprint density at radius 2 is 1.70 bits per heavy atom. The summed E-state index contributed by atoms with van der Waals surface area (Å²) in [5, 5.41) is 2.83. The summed E-state index contributed by atoms with van der Waals surface area (Å²) in [4.78, 5) is 29.3. The molecule has 8 heteroatoms. The molecule has 0 atom stereocenters. The maximum Gasteiger partial charge on any atom is 0.415 e. The lowest BCUT2D eigenvalue weighted by Gasteiger charge is -2.30. The van der Waals surface area contributed by atoms with Gasteiger partial charge in [0.1, 0.15) is 11.5 Å². The standard InChI is InChI=1S/C22H25N3O4.ClH/c1-28-20-4-2-3-16(15-20)21(26)23-17-5-7-19(8-6-17)29-22(27)25-14-13-24-11-9-18(25)10-12-24;/h2-8,15,18H,9-14H2,1H3,(H,23,26);1H. The number of anilines is 1. The molecule has 0 radical (unpaired) electrons. The molecule has 2 amide bonds. The number of rotatable bonds is 4. The summed E-state index contributed by atoms with van der Waals surface area (Å²) in [5.74, 6) is 0.858. The van der Waals surface area contributed by atoms with Gasteiger partial charge in [0.25, 0.3) is 5.91 Å². The lowest BCUT2D eigenvalue weighted by atomic mass is 10.1. The Morgan fingerprint density at radius 1 is 0.967 bits per heavy atom. The van der Waals surface area contributed by atoms with Crippen molar-refractivity contribution in [3.05, 3.63) is 54.1 Å². The molecule has 3 fully saturated rings. The molecule has 3 aliphatic rings. The molecule has 30 heavy (non-hydrogen) atoms. The topological polar surface area (TPSA) is 71.1 Å². The highest BCUT2D eigenvalue weighted by Crippen LogP contribution is 2.23. The zero-order valence-electron chi connectivity index (χ0n) is 16.9. The average Bonchev–Trinajstić information content (AvgIpc) is 3.09. The van der Waals surface area contributed by atoms with Crippen molar-refractivity contribution in [2.24, 2.45) is 0 Å². The van der Waals surface area contributed by atoms with Crippen molar-refractivity contribution in [1.29, 1.82) is 0 Å². The van der Waals surface area contributed by atoms with Crippen LogP contribution < -0.4 is 14.8 Å². The van der Waals surface area contributed by atoms with Crippen molar-refractivity contribution < 1.29 is 19.1 Å². The van der Waals surface area contributed by atoms with Gasteiger partial charge in [0.15, 0.2) is 0 Å². The van der Waals surface area contributed by atoms with Crippen molar-refractivity contribution >= 4 is 30.1 Å². The Labute approximate surface area is 182 Å². The molecule has 160 valence electrons. The predicted molar refractivity (Wildman–Crippen MR) is 117 cm³/mol. The van der Waals surface area contributed by atoms with E-state index >= 15 is 0 Å². The number of carbonyl (C=O) groups is 2. The van der Waals surface area contributed by atoms with Crippen molar-refractivity contribution in [1.82, 2.24) is 9.80 Å². The van der Waals surface area contributed by atoms with E-state index in [1.54, 1.807) is 55.6 Å². The van der Waals surface area contributed by atoms with E-state index in [1.165, 1.54) is 0 Å². The summed E-state index contributed by atoms with van der Waals surface area (Å²) in [6, 6.07) is 14.0. The number of benzene rings is 2. The van der Waals surface area contributed by atoms with E-state index in [0.717, 1.165) is 32.5 Å². The molecule has 0 spiro atoms. The summed E-state index contributed by atoms with van der Waals surface area (Å²) >= 11 is 0. The van der Waals surface area contributed by atoms with Crippen molar-refractivity contribution in [3.8, 4) is 11.5 Å². The van der Waals surface area contributed by atoms with Crippen molar-refractivity contribution in [3.63, 3.8) is 0 Å². The second-order valence-electron chi connectivity index (χ2n) is 7.34. The van der Waals surface area contributed by atoms with Crippen LogP contribution in [0, 0.1) is 0 Å². The molecule has 7 nitrogen and oxygen atoms in total. The van der Waals surface area contributed by atoms with Gasteiger partial charge in [-0.05, 0) is 55.3 Å². The van der Waals surface area contributed by atoms with Crippen LogP contribution >= 0.6 is 12.4 Å². The Morgan fingerprint density at radius 3 is 2.40 bits per heavy atom. The number of carbonyl (C=O) groups excluding carboxylic acids is 2. The van der Waals surface area contributed by atoms with Crippen LogP contribution in [0.25, 0.3) is 0 Å². The number of ether oxygens (including phenoxy) is 2. The molecule has 0 unspecified atom stereocenters. The molecule has 5 rings (SSSR count). The monoisotopic (exact) mass is 431 g/mol. The van der Waals surface area contributed by atoms with E-state index in [0.29, 0.717) is 29.3 Å². The molecule has 3 saturated heterocycles. The van der Waals surface area contributed by atoms with Gasteiger partial charge in [-0.3, -0.25) is 4.79 Å². The molecular formula is C22H26ClN3O4. The normalized spacial score (nSPS) is 20.0. The summed E-state index contributed by atoms with van der Waals surface area (Å²) in [5.41, 5.74) is 1.13. The number of hydrogen-bond donors (Lipinski definition) is 1. The fraction of sp³-hybridized carbons (Fsp3) is 0.364. The van der Waals surface area contributed by atoms with Gasteiger partial charge in [-0.25, -0.2) is 4.79 Å². The third-order valence-electron chi connectivity index (χ3n) is 5.54. The predicted octanol–water partition coefficient (Wildman–Crippen LogP) is 3.65. The van der Waals surface area contributed by atoms with E-state index in [1.807, 2.05) is 4.90 Å². The Bertz CT molecular complexity index is 882. The van der Waals surface area contributed by atoms with Gasteiger partial charge >= 0.3 is 6.09 Å². The van der Waals surface area contributed by atoms with Crippen LogP contribution in [-0.4, -0.2) is 61.1 Å². The average molecular weight is 432 g/mol. The number of methoxy groups -OCH3 is 1. The summed E-state index contributed by atoms with van der Waals surface area (Å²) in [6.45, 7) is 3.71. The van der Waals surface area contributed by atoms with E-state index in [9.17, 15) is 9.59 Å². The van der Waals surface area contributed by atoms with Gasteiger partial charge in [-0.15, -0.1) is 12.4 Å². The molecular weight excluding hydrogens is 406 g/mol. The molecule has 0 aliphatic carbocycles. The van der Waals surface area contributed by atoms with E-state index < -0.39 is 0 Å². The number of fused-ring (bicyclic) bond motifs is 4. The molecule has 3 aliphatic heterocycles. The van der Waals surface area contributed by atoms with Gasteiger partial charge < -0.3 is 24.6 Å². The first-order valence-corrected chi connectivity index (χ1v) is 9.88. The number of halogens is 1. The molecule has 2 aromatic carbocycles. The Balaban J connectivity index is 0.00000256. The number of piperidine rings is 1. The van der Waals surface area contributed by atoms with Gasteiger partial charge in [0.2, 0.25) is 0 Å². The minimum absolute atomic E-state index is 0. The quantitative estimate of drug-likeness (QED) is 0.800. The largest absolute Gasteiger partial charge is 0.497 e. The van der Waals surface area contributed by atoms with Crippen molar-refractivity contribution in [2.45, 2.75) is 18.9 Å². The maximum atomic E-state index is 12.6. The van der Waals surface area contributed by atoms with Crippen LogP contribution in [0.4, 0.5) is 10.5 Å². The maximum absolute atomic E-state index is 12.6. The smallest absolute Gasteiger partial charge is 0.415 e. The second kappa shape index (κ2) is 9.82. The van der Waals surface area contributed by atoms with Gasteiger partial charge in [0.05, 0.1) is 7.11 Å². The highest BCUT2D eigenvalue weighted by molar-refractivity contribution is 6.04. The van der Waals surface area contributed by atoms with E-state index in [-0.39, 0.29) is 30.4 Å². The highest BCUT2D eigenvalue weighted by atomic mass is 35.5. The van der Waals surface area contributed by atoms with Gasteiger partial charge in [0, 0.05) is 43.5 Å². The second-order valence-corrected chi connectivity index (χ2v) is 7.34. The zero-order valence-corrected chi connectivity index (χ0v) is 17.7. The molecule has 2 aromatic rings. The third kappa shape index (κ3) is 5.04. The molecule has 0 saturated carbocycles. The Hall–Kier alpha value is -2.77. The number of hydrogen-bond acceptors (Lipinski definition) is 5. The van der Waals surface area contributed by atoms with Crippen LogP contribution in [0.1, 0.15) is 23.2 Å². The Kier molecular flexibility index (Phi) is 7.18. The van der Waals surface area contributed by atoms with Crippen LogP contribution in [0.2, 0.25) is 0 Å². The van der Waals surface area contributed by atoms with Crippen molar-refractivity contribution in [2.75, 3.05) is 38.6 Å². The molecule has 1 N–H and O–H groups in total. The van der Waals surface area contributed by atoms with E-state index in [4.69, 9.17) is 9.47 Å². The number of amides is 2. The number of nitrogens with one attached hydrogen (secondary N) is 1. The zero-order chi connectivity index (χ0) is 20.2. The van der Waals surface area contributed by atoms with E-state index in [2.05, 4.69) is 10.2 Å². The first-order chi connectivity index (χ1) is 14.1. The molecule has 2 bridgehead atoms. The minimum Gasteiger partial charge on any atom is -0.497 e. The van der Waals surface area contributed by atoms with Gasteiger partial charge in [-0.2, -0.15) is 0 Å². The molecule has 3 heterocycles. The van der Waals surface area contributed by atoms with Crippen LogP contribution in [0.3, 0.4) is 0 Å². The third-order valence-corrected chi connectivity index (χ3v) is 5.54. The lowest BCUT2D eigenvalue weighted by Crippen LogP contribution is -2.43. The summed E-state index contributed by atoms with van der Waals surface area (Å²) in [7, 11) is 1.56. The number of nitrogens with zero attached hydrogens (tertiary/aromatic N) is 2. The first kappa shape index (κ1) is 21.9.